The number of imidazole rings is 1. The van der Waals surface area contributed by atoms with Gasteiger partial charge in [-0.25, -0.2) is 4.98 Å². The van der Waals surface area contributed by atoms with E-state index in [0.717, 1.165) is 11.3 Å². The van der Waals surface area contributed by atoms with Crippen molar-refractivity contribution in [3.63, 3.8) is 0 Å². The van der Waals surface area contributed by atoms with Crippen LogP contribution < -0.4 is 5.32 Å². The van der Waals surface area contributed by atoms with Crippen LogP contribution in [0, 0.1) is 0 Å². The predicted molar refractivity (Wildman–Crippen MR) is 69.9 cm³/mol. The van der Waals surface area contributed by atoms with Gasteiger partial charge in [-0.3, -0.25) is 0 Å². The summed E-state index contributed by atoms with van der Waals surface area (Å²) in [6, 6.07) is 6.38. The Morgan fingerprint density at radius 2 is 2.11 bits per heavy atom. The van der Waals surface area contributed by atoms with Crippen molar-refractivity contribution in [3.8, 4) is 0 Å². The Kier molecular flexibility index (Phi) is 2.42. The first-order valence-electron chi connectivity index (χ1n) is 6.73. The number of piperidine rings is 1. The number of ether oxygens (including phenoxy) is 1. The Morgan fingerprint density at radius 1 is 1.32 bits per heavy atom. The van der Waals surface area contributed by atoms with Crippen molar-refractivity contribution in [3.05, 3.63) is 36.3 Å². The smallest absolute Gasteiger partial charge is 0.136 e. The van der Waals surface area contributed by atoms with Crippen molar-refractivity contribution in [1.82, 2.24) is 14.7 Å². The number of pyridine rings is 1. The van der Waals surface area contributed by atoms with Crippen molar-refractivity contribution >= 4 is 5.65 Å². The summed E-state index contributed by atoms with van der Waals surface area (Å²) in [5, 5.41) is 14.6. The van der Waals surface area contributed by atoms with Crippen LogP contribution in [0.3, 0.4) is 0 Å². The standard InChI is InChI=1S/C14H17N3O2/c18-14(6-10-8-19-9-11(7-14)16-10)12-2-1-3-13-15-4-5-17(12)13/h1-5,10-11,16,18H,6-9H2. The van der Waals surface area contributed by atoms with Gasteiger partial charge >= 0.3 is 0 Å². The SMILES string of the molecule is OC1(c2cccc3nccn23)CC2COCC(C1)N2. The second-order valence-corrected chi connectivity index (χ2v) is 5.60. The van der Waals surface area contributed by atoms with E-state index in [1.165, 1.54) is 0 Å². The predicted octanol–water partition coefficient (Wildman–Crippen LogP) is 0.673. The first-order valence-corrected chi connectivity index (χ1v) is 6.73. The maximum absolute atomic E-state index is 11.1. The van der Waals surface area contributed by atoms with Gasteiger partial charge in [0.25, 0.3) is 0 Å². The highest BCUT2D eigenvalue weighted by atomic mass is 16.5. The number of hydrogen-bond donors (Lipinski definition) is 2. The monoisotopic (exact) mass is 259 g/mol. The van der Waals surface area contributed by atoms with Crippen LogP contribution in [-0.4, -0.2) is 39.8 Å². The summed E-state index contributed by atoms with van der Waals surface area (Å²) < 4.78 is 7.53. The quantitative estimate of drug-likeness (QED) is 0.790. The lowest BCUT2D eigenvalue weighted by Crippen LogP contribution is -2.59. The molecule has 2 unspecified atom stereocenters. The summed E-state index contributed by atoms with van der Waals surface area (Å²) in [7, 11) is 0. The third-order valence-electron chi connectivity index (χ3n) is 4.18. The van der Waals surface area contributed by atoms with E-state index >= 15 is 0 Å². The fourth-order valence-electron chi connectivity index (χ4n) is 3.45. The van der Waals surface area contributed by atoms with Gasteiger partial charge in [0.05, 0.1) is 18.9 Å². The second-order valence-electron chi connectivity index (χ2n) is 5.60. The van der Waals surface area contributed by atoms with Gasteiger partial charge in [-0.05, 0) is 25.0 Å². The number of hydrogen-bond acceptors (Lipinski definition) is 4. The number of aromatic nitrogens is 2. The second kappa shape index (κ2) is 4.03. The molecule has 2 atom stereocenters. The molecular formula is C14H17N3O2. The molecule has 2 N–H and O–H groups in total. The molecule has 0 aliphatic carbocycles. The van der Waals surface area contributed by atoms with Crippen LogP contribution >= 0.6 is 0 Å². The van der Waals surface area contributed by atoms with Gasteiger partial charge in [0.2, 0.25) is 0 Å². The van der Waals surface area contributed by atoms with Crippen molar-refractivity contribution < 1.29 is 9.84 Å². The number of morpholine rings is 1. The summed E-state index contributed by atoms with van der Waals surface area (Å²) in [5.74, 6) is 0. The summed E-state index contributed by atoms with van der Waals surface area (Å²) >= 11 is 0. The lowest BCUT2D eigenvalue weighted by Gasteiger charge is -2.45. The number of nitrogens with zero attached hydrogens (tertiary/aromatic N) is 2. The van der Waals surface area contributed by atoms with Gasteiger partial charge in [-0.1, -0.05) is 6.07 Å². The molecule has 4 rings (SSSR count). The highest BCUT2D eigenvalue weighted by Gasteiger charge is 2.43. The molecule has 2 bridgehead atoms. The molecule has 0 saturated carbocycles. The number of rotatable bonds is 1. The summed E-state index contributed by atoms with van der Waals surface area (Å²) in [5.41, 5.74) is 1.01. The van der Waals surface area contributed by atoms with E-state index in [4.69, 9.17) is 4.74 Å². The Hall–Kier alpha value is -1.43. The van der Waals surface area contributed by atoms with Gasteiger partial charge in [-0.15, -0.1) is 0 Å². The normalized spacial score (nSPS) is 34.6. The van der Waals surface area contributed by atoms with E-state index in [1.807, 2.05) is 28.8 Å². The average Bonchev–Trinajstić information content (AvgIpc) is 2.85. The minimum Gasteiger partial charge on any atom is -0.383 e. The van der Waals surface area contributed by atoms with Crippen LogP contribution in [0.2, 0.25) is 0 Å². The number of fused-ring (bicyclic) bond motifs is 3. The Bertz CT molecular complexity index is 598. The molecule has 0 radical (unpaired) electrons. The Labute approximate surface area is 111 Å². The van der Waals surface area contributed by atoms with E-state index in [9.17, 15) is 5.11 Å². The fourth-order valence-corrected chi connectivity index (χ4v) is 3.45. The van der Waals surface area contributed by atoms with Gasteiger partial charge in [-0.2, -0.15) is 0 Å². The van der Waals surface area contributed by atoms with Crippen molar-refractivity contribution in [2.24, 2.45) is 0 Å². The van der Waals surface area contributed by atoms with Crippen LogP contribution in [0.25, 0.3) is 5.65 Å². The van der Waals surface area contributed by atoms with Gasteiger partial charge in [0.15, 0.2) is 0 Å². The van der Waals surface area contributed by atoms with Crippen molar-refractivity contribution in [2.45, 2.75) is 30.5 Å². The van der Waals surface area contributed by atoms with E-state index < -0.39 is 5.60 Å². The van der Waals surface area contributed by atoms with Gasteiger partial charge < -0.3 is 19.6 Å². The molecule has 5 heteroatoms. The Balaban J connectivity index is 1.80. The van der Waals surface area contributed by atoms with E-state index in [0.29, 0.717) is 26.1 Å². The molecule has 2 aromatic rings. The Morgan fingerprint density at radius 3 is 2.89 bits per heavy atom. The first kappa shape index (κ1) is 11.4. The van der Waals surface area contributed by atoms with Crippen LogP contribution in [0.4, 0.5) is 0 Å². The third-order valence-corrected chi connectivity index (χ3v) is 4.18. The average molecular weight is 259 g/mol. The van der Waals surface area contributed by atoms with Crippen LogP contribution in [-0.2, 0) is 10.3 Å². The fraction of sp³-hybridized carbons (Fsp3) is 0.500. The zero-order chi connectivity index (χ0) is 12.9. The molecule has 0 aromatic carbocycles. The summed E-state index contributed by atoms with van der Waals surface area (Å²) in [6.45, 7) is 1.36. The van der Waals surface area contributed by atoms with Crippen LogP contribution in [0.5, 0.6) is 0 Å². The molecule has 5 nitrogen and oxygen atoms in total. The molecule has 0 amide bonds. The van der Waals surface area contributed by atoms with E-state index in [1.54, 1.807) is 6.20 Å². The molecule has 2 saturated heterocycles. The molecule has 100 valence electrons. The molecule has 2 aliphatic heterocycles. The zero-order valence-corrected chi connectivity index (χ0v) is 10.6. The molecule has 2 aliphatic rings. The maximum atomic E-state index is 11.1. The van der Waals surface area contributed by atoms with Gasteiger partial charge in [0, 0.05) is 24.5 Å². The molecule has 0 spiro atoms. The summed E-state index contributed by atoms with van der Waals surface area (Å²) in [4.78, 5) is 4.29. The lowest BCUT2D eigenvalue weighted by atomic mass is 9.80. The molecule has 2 fully saturated rings. The molecule has 19 heavy (non-hydrogen) atoms. The lowest BCUT2D eigenvalue weighted by molar-refractivity contribution is -0.0829. The van der Waals surface area contributed by atoms with Crippen molar-refractivity contribution in [2.75, 3.05) is 13.2 Å². The minimum absolute atomic E-state index is 0.233. The van der Waals surface area contributed by atoms with Crippen molar-refractivity contribution in [1.29, 1.82) is 0 Å². The molecular weight excluding hydrogens is 242 g/mol. The first-order chi connectivity index (χ1) is 9.24. The third kappa shape index (κ3) is 1.77. The van der Waals surface area contributed by atoms with E-state index in [2.05, 4.69) is 10.3 Å². The minimum atomic E-state index is -0.801. The molecule has 2 aromatic heterocycles. The summed E-state index contributed by atoms with van der Waals surface area (Å²) in [6.07, 6.45) is 5.05. The topological polar surface area (TPSA) is 58.8 Å². The van der Waals surface area contributed by atoms with Crippen LogP contribution in [0.1, 0.15) is 18.5 Å². The zero-order valence-electron chi connectivity index (χ0n) is 10.6. The maximum Gasteiger partial charge on any atom is 0.136 e. The van der Waals surface area contributed by atoms with Crippen LogP contribution in [0.15, 0.2) is 30.6 Å². The highest BCUT2D eigenvalue weighted by Crippen LogP contribution is 2.36. The largest absolute Gasteiger partial charge is 0.383 e. The number of aliphatic hydroxyl groups is 1. The number of nitrogens with one attached hydrogen (secondary N) is 1. The molecule has 4 heterocycles. The van der Waals surface area contributed by atoms with Gasteiger partial charge in [0.1, 0.15) is 11.2 Å². The highest BCUT2D eigenvalue weighted by molar-refractivity contribution is 5.41. The van der Waals surface area contributed by atoms with E-state index in [-0.39, 0.29) is 12.1 Å².